The van der Waals surface area contributed by atoms with E-state index in [1.165, 1.54) is 6.92 Å². The third kappa shape index (κ3) is 6.67. The number of rotatable bonds is 9. The summed E-state index contributed by atoms with van der Waals surface area (Å²) < 4.78 is 0. The van der Waals surface area contributed by atoms with Crippen LogP contribution in [0.25, 0.3) is 0 Å². The lowest BCUT2D eigenvalue weighted by Gasteiger charge is -2.20. The summed E-state index contributed by atoms with van der Waals surface area (Å²) in [5.41, 5.74) is 5.15. The van der Waals surface area contributed by atoms with Gasteiger partial charge in [0.2, 0.25) is 0 Å². The molecule has 0 heterocycles. The Morgan fingerprint density at radius 2 is 1.94 bits per heavy atom. The van der Waals surface area contributed by atoms with Gasteiger partial charge in [-0.2, -0.15) is 0 Å². The van der Waals surface area contributed by atoms with Crippen LogP contribution in [0.5, 0.6) is 0 Å². The molecule has 0 saturated carbocycles. The fourth-order valence-electron chi connectivity index (χ4n) is 1.60. The molecule has 0 spiro atoms. The topological polar surface area (TPSA) is 72.2 Å². The van der Waals surface area contributed by atoms with Crippen molar-refractivity contribution in [1.29, 1.82) is 0 Å². The minimum absolute atomic E-state index is 0.0262. The summed E-state index contributed by atoms with van der Waals surface area (Å²) in [5.74, 6) is 0.173. The van der Waals surface area contributed by atoms with Gasteiger partial charge in [0, 0.05) is 0 Å². The monoisotopic (exact) mass is 254 g/mol. The summed E-state index contributed by atoms with van der Waals surface area (Å²) >= 11 is 0. The van der Waals surface area contributed by atoms with Gasteiger partial charge in [0.05, 0.1) is 11.6 Å². The van der Waals surface area contributed by atoms with Gasteiger partial charge in [0.1, 0.15) is 11.6 Å². The first-order chi connectivity index (χ1) is 8.31. The minimum atomic E-state index is -0.708. The summed E-state index contributed by atoms with van der Waals surface area (Å²) in [4.78, 5) is 22.4. The van der Waals surface area contributed by atoms with E-state index in [9.17, 15) is 9.59 Å². The molecule has 3 N–H and O–H groups in total. The molecule has 0 saturated heterocycles. The molecule has 4 nitrogen and oxygen atoms in total. The first-order valence-corrected chi connectivity index (χ1v) is 6.44. The second-order valence-corrected chi connectivity index (χ2v) is 5.02. The van der Waals surface area contributed by atoms with E-state index in [-0.39, 0.29) is 17.6 Å². The van der Waals surface area contributed by atoms with E-state index >= 15 is 0 Å². The van der Waals surface area contributed by atoms with E-state index in [1.807, 2.05) is 12.2 Å². The highest BCUT2D eigenvalue weighted by molar-refractivity contribution is 5.85. The largest absolute Gasteiger partial charge is 0.319 e. The van der Waals surface area contributed by atoms with Gasteiger partial charge < -0.3 is 11.1 Å². The lowest BCUT2D eigenvalue weighted by atomic mass is 9.92. The first kappa shape index (κ1) is 17.0. The third-order valence-corrected chi connectivity index (χ3v) is 3.25. The van der Waals surface area contributed by atoms with Crippen LogP contribution in [0.1, 0.15) is 46.5 Å². The molecule has 2 atom stereocenters. The van der Waals surface area contributed by atoms with Gasteiger partial charge in [-0.15, -0.1) is 0 Å². The zero-order chi connectivity index (χ0) is 14.2. The molecule has 0 aromatic heterocycles. The molecule has 0 fully saturated rings. The molecule has 104 valence electrons. The Labute approximate surface area is 110 Å². The van der Waals surface area contributed by atoms with Crippen LogP contribution in [0, 0.1) is 0 Å². The van der Waals surface area contributed by atoms with Gasteiger partial charge in [0.15, 0.2) is 0 Å². The molecule has 0 aliphatic rings. The molecule has 0 aromatic carbocycles. The van der Waals surface area contributed by atoms with E-state index in [1.54, 1.807) is 20.9 Å². The third-order valence-electron chi connectivity index (χ3n) is 3.25. The van der Waals surface area contributed by atoms with Crippen molar-refractivity contribution in [3.63, 3.8) is 0 Å². The van der Waals surface area contributed by atoms with Crippen molar-refractivity contribution in [3.05, 3.63) is 12.2 Å². The van der Waals surface area contributed by atoms with Gasteiger partial charge in [-0.3, -0.25) is 9.59 Å². The number of allylic oxidation sites excluding steroid dienone is 1. The van der Waals surface area contributed by atoms with Gasteiger partial charge in [-0.25, -0.2) is 0 Å². The first-order valence-electron chi connectivity index (χ1n) is 6.44. The number of carbonyl (C=O) groups excluding carboxylic acids is 2. The number of unbranched alkanes of at least 4 members (excludes halogenated alkanes) is 1. The molecule has 0 aromatic rings. The Bertz CT molecular complexity index is 309. The predicted molar refractivity (Wildman–Crippen MR) is 74.4 cm³/mol. The maximum atomic E-state index is 11.2. The van der Waals surface area contributed by atoms with Gasteiger partial charge in [-0.1, -0.05) is 12.2 Å². The van der Waals surface area contributed by atoms with Crippen LogP contribution in [-0.4, -0.2) is 30.2 Å². The number of carbonyl (C=O) groups is 2. The van der Waals surface area contributed by atoms with Crippen LogP contribution in [-0.2, 0) is 9.59 Å². The molecular formula is C14H26N2O2. The number of hydrogen-bond donors (Lipinski definition) is 2. The van der Waals surface area contributed by atoms with Crippen molar-refractivity contribution in [1.82, 2.24) is 5.32 Å². The number of nitrogens with two attached hydrogens (primary N) is 1. The van der Waals surface area contributed by atoms with Crippen molar-refractivity contribution in [2.75, 3.05) is 7.05 Å². The normalized spacial score (nSPS) is 16.5. The molecule has 0 aliphatic carbocycles. The maximum Gasteiger partial charge on any atom is 0.149 e. The molecule has 4 heteroatoms. The summed E-state index contributed by atoms with van der Waals surface area (Å²) in [7, 11) is 1.78. The molecule has 0 radical (unpaired) electrons. The summed E-state index contributed by atoms with van der Waals surface area (Å²) in [5, 5.41) is 2.97. The number of likely N-dealkylation sites (N-methyl/N-ethyl adjacent to an activating group) is 1. The highest BCUT2D eigenvalue weighted by Gasteiger charge is 2.22. The predicted octanol–water partition coefficient (Wildman–Crippen LogP) is 1.59. The highest BCUT2D eigenvalue weighted by Crippen LogP contribution is 2.12. The SMILES string of the molecule is CN[C@@H](CC=CCCC[C@](C)(N)C(C)=O)C(C)=O. The summed E-state index contributed by atoms with van der Waals surface area (Å²) in [6, 6.07) is -0.0988. The second-order valence-electron chi connectivity index (χ2n) is 5.02. The Balaban J connectivity index is 3.85. The van der Waals surface area contributed by atoms with Crippen LogP contribution in [0.4, 0.5) is 0 Å². The van der Waals surface area contributed by atoms with E-state index in [0.717, 1.165) is 12.8 Å². The maximum absolute atomic E-state index is 11.2. The molecule has 0 unspecified atom stereocenters. The summed E-state index contributed by atoms with van der Waals surface area (Å²) in [6.45, 7) is 4.88. The number of nitrogens with one attached hydrogen (secondary N) is 1. The van der Waals surface area contributed by atoms with Crippen LogP contribution < -0.4 is 11.1 Å². The average molecular weight is 254 g/mol. The van der Waals surface area contributed by atoms with Crippen molar-refractivity contribution in [2.45, 2.75) is 58.0 Å². The van der Waals surface area contributed by atoms with E-state index in [0.29, 0.717) is 12.8 Å². The Morgan fingerprint density at radius 1 is 1.33 bits per heavy atom. The lowest BCUT2D eigenvalue weighted by Crippen LogP contribution is -2.43. The Kier molecular flexibility index (Phi) is 7.71. The van der Waals surface area contributed by atoms with Crippen molar-refractivity contribution >= 4 is 11.6 Å². The molecule has 0 bridgehead atoms. The van der Waals surface area contributed by atoms with Crippen molar-refractivity contribution in [2.24, 2.45) is 5.73 Å². The van der Waals surface area contributed by atoms with Crippen LogP contribution in [0.15, 0.2) is 12.2 Å². The second kappa shape index (κ2) is 8.16. The highest BCUT2D eigenvalue weighted by atomic mass is 16.1. The van der Waals surface area contributed by atoms with Gasteiger partial charge in [-0.05, 0) is 53.5 Å². The quantitative estimate of drug-likeness (QED) is 0.484. The Hall–Kier alpha value is -1.00. The number of ketones is 2. The zero-order valence-electron chi connectivity index (χ0n) is 12.0. The van der Waals surface area contributed by atoms with Gasteiger partial charge in [0.25, 0.3) is 0 Å². The number of hydrogen-bond acceptors (Lipinski definition) is 4. The van der Waals surface area contributed by atoms with Crippen LogP contribution in [0.2, 0.25) is 0 Å². The molecule has 18 heavy (non-hydrogen) atoms. The Morgan fingerprint density at radius 3 is 2.39 bits per heavy atom. The minimum Gasteiger partial charge on any atom is -0.319 e. The van der Waals surface area contributed by atoms with Gasteiger partial charge >= 0.3 is 0 Å². The summed E-state index contributed by atoms with van der Waals surface area (Å²) in [6.07, 6.45) is 7.21. The van der Waals surface area contributed by atoms with Crippen LogP contribution in [0.3, 0.4) is 0 Å². The average Bonchev–Trinajstić information content (AvgIpc) is 2.27. The standard InChI is InChI=1S/C14H26N2O2/c1-11(17)13(16-4)9-7-5-6-8-10-14(3,15)12(2)18/h5,7,13,16H,6,8-10,15H2,1-4H3/t13-,14-/m0/s1. The fraction of sp³-hybridized carbons (Fsp3) is 0.714. The van der Waals surface area contributed by atoms with Crippen LogP contribution >= 0.6 is 0 Å². The van der Waals surface area contributed by atoms with E-state index in [2.05, 4.69) is 5.32 Å². The van der Waals surface area contributed by atoms with Crippen molar-refractivity contribution < 1.29 is 9.59 Å². The van der Waals surface area contributed by atoms with E-state index < -0.39 is 5.54 Å². The van der Waals surface area contributed by atoms with Crippen molar-refractivity contribution in [3.8, 4) is 0 Å². The molecule has 0 amide bonds. The number of Topliss-reactive ketones (excluding diaryl/α,β-unsaturated/α-hetero) is 2. The smallest absolute Gasteiger partial charge is 0.149 e. The lowest BCUT2D eigenvalue weighted by molar-refractivity contribution is -0.121. The van der Waals surface area contributed by atoms with E-state index in [4.69, 9.17) is 5.73 Å². The zero-order valence-corrected chi connectivity index (χ0v) is 12.0. The molecule has 0 rings (SSSR count). The molecular weight excluding hydrogens is 228 g/mol. The fourth-order valence-corrected chi connectivity index (χ4v) is 1.60. The molecule has 0 aliphatic heterocycles.